The Morgan fingerprint density at radius 1 is 1.28 bits per heavy atom. The van der Waals surface area contributed by atoms with Crippen LogP contribution < -0.4 is 10.1 Å². The van der Waals surface area contributed by atoms with Gasteiger partial charge >= 0.3 is 0 Å². The SMILES string of the molecule is C[C@@H](CO)Nc1cc(C2=NCc3ccc(OC4(C)CC4)cc32)ncn1. The first-order chi connectivity index (χ1) is 12.1. The van der Waals surface area contributed by atoms with Crippen molar-refractivity contribution >= 4 is 11.5 Å². The Morgan fingerprint density at radius 2 is 2.12 bits per heavy atom. The van der Waals surface area contributed by atoms with Crippen molar-refractivity contribution < 1.29 is 9.84 Å². The number of anilines is 1. The Morgan fingerprint density at radius 3 is 2.88 bits per heavy atom. The number of fused-ring (bicyclic) bond motifs is 1. The van der Waals surface area contributed by atoms with Crippen LogP contribution in [0.1, 0.15) is 43.5 Å². The molecule has 2 aliphatic rings. The molecule has 130 valence electrons. The summed E-state index contributed by atoms with van der Waals surface area (Å²) in [4.78, 5) is 13.3. The summed E-state index contributed by atoms with van der Waals surface area (Å²) in [5, 5.41) is 12.3. The van der Waals surface area contributed by atoms with Gasteiger partial charge in [-0.25, -0.2) is 9.97 Å². The zero-order valence-electron chi connectivity index (χ0n) is 14.5. The Balaban J connectivity index is 1.61. The van der Waals surface area contributed by atoms with Crippen LogP contribution in [0.2, 0.25) is 0 Å². The van der Waals surface area contributed by atoms with Gasteiger partial charge in [0.1, 0.15) is 23.5 Å². The third-order valence-corrected chi connectivity index (χ3v) is 4.64. The molecule has 1 atom stereocenters. The van der Waals surface area contributed by atoms with Crippen molar-refractivity contribution in [1.82, 2.24) is 9.97 Å². The number of aliphatic hydroxyl groups is 1. The standard InChI is InChI=1S/C19H22N4O2/c1-12(10-24)23-17-8-16(21-11-22-17)18-15-7-14(25-19(2)5-6-19)4-3-13(15)9-20-18/h3-4,7-8,11-12,24H,5-6,9-10H2,1-2H3,(H,21,22,23)/t12-/m0/s1. The van der Waals surface area contributed by atoms with E-state index in [0.717, 1.165) is 35.6 Å². The minimum Gasteiger partial charge on any atom is -0.488 e. The highest BCUT2D eigenvalue weighted by Crippen LogP contribution is 2.40. The highest BCUT2D eigenvalue weighted by atomic mass is 16.5. The van der Waals surface area contributed by atoms with Gasteiger partial charge in [-0.1, -0.05) is 6.07 Å². The fourth-order valence-corrected chi connectivity index (χ4v) is 2.87. The molecule has 0 amide bonds. The molecule has 1 saturated carbocycles. The molecule has 2 aromatic rings. The number of aliphatic hydroxyl groups excluding tert-OH is 1. The van der Waals surface area contributed by atoms with Gasteiger partial charge < -0.3 is 15.2 Å². The summed E-state index contributed by atoms with van der Waals surface area (Å²) >= 11 is 0. The lowest BCUT2D eigenvalue weighted by Crippen LogP contribution is -2.20. The lowest BCUT2D eigenvalue weighted by molar-refractivity contribution is 0.200. The van der Waals surface area contributed by atoms with Gasteiger partial charge in [-0.05, 0) is 44.4 Å². The van der Waals surface area contributed by atoms with Crippen LogP contribution in [0, 0.1) is 0 Å². The van der Waals surface area contributed by atoms with Gasteiger partial charge in [0.15, 0.2) is 0 Å². The molecule has 2 heterocycles. The number of hydrogen-bond donors (Lipinski definition) is 2. The van der Waals surface area contributed by atoms with Crippen LogP contribution in [0.3, 0.4) is 0 Å². The van der Waals surface area contributed by atoms with Crippen molar-refractivity contribution in [3.05, 3.63) is 47.4 Å². The van der Waals surface area contributed by atoms with Gasteiger partial charge in [0.2, 0.25) is 0 Å². The molecular weight excluding hydrogens is 316 g/mol. The molecule has 0 saturated heterocycles. The quantitative estimate of drug-likeness (QED) is 0.846. The first-order valence-electron chi connectivity index (χ1n) is 8.63. The van der Waals surface area contributed by atoms with Crippen molar-refractivity contribution in [2.75, 3.05) is 11.9 Å². The van der Waals surface area contributed by atoms with Crippen molar-refractivity contribution in [2.45, 2.75) is 44.9 Å². The number of ether oxygens (including phenoxy) is 1. The van der Waals surface area contributed by atoms with Crippen LogP contribution in [-0.4, -0.2) is 39.0 Å². The van der Waals surface area contributed by atoms with Gasteiger partial charge in [0.05, 0.1) is 24.6 Å². The van der Waals surface area contributed by atoms with Crippen molar-refractivity contribution in [3.63, 3.8) is 0 Å². The lowest BCUT2D eigenvalue weighted by atomic mass is 10.0. The largest absolute Gasteiger partial charge is 0.488 e. The third kappa shape index (κ3) is 3.35. The van der Waals surface area contributed by atoms with Crippen LogP contribution in [0.15, 0.2) is 35.6 Å². The van der Waals surface area contributed by atoms with E-state index >= 15 is 0 Å². The molecule has 6 nitrogen and oxygen atoms in total. The predicted molar refractivity (Wildman–Crippen MR) is 96.3 cm³/mol. The summed E-state index contributed by atoms with van der Waals surface area (Å²) in [6.07, 6.45) is 3.73. The van der Waals surface area contributed by atoms with E-state index in [2.05, 4.69) is 39.3 Å². The number of benzene rings is 1. The summed E-state index contributed by atoms with van der Waals surface area (Å²) in [6, 6.07) is 7.98. The van der Waals surface area contributed by atoms with Gasteiger partial charge in [-0.15, -0.1) is 0 Å². The molecule has 0 radical (unpaired) electrons. The maximum absolute atomic E-state index is 9.19. The monoisotopic (exact) mass is 338 g/mol. The van der Waals surface area contributed by atoms with Gasteiger partial charge in [0.25, 0.3) is 0 Å². The number of nitrogens with one attached hydrogen (secondary N) is 1. The van der Waals surface area contributed by atoms with Crippen LogP contribution >= 0.6 is 0 Å². The average molecular weight is 338 g/mol. The van der Waals surface area contributed by atoms with E-state index in [1.165, 1.54) is 11.9 Å². The number of rotatable bonds is 6. The van der Waals surface area contributed by atoms with Gasteiger partial charge in [-0.2, -0.15) is 0 Å². The third-order valence-electron chi connectivity index (χ3n) is 4.64. The number of aromatic nitrogens is 2. The van der Waals surface area contributed by atoms with Crippen LogP contribution in [0.5, 0.6) is 5.75 Å². The van der Waals surface area contributed by atoms with E-state index < -0.39 is 0 Å². The predicted octanol–water partition coefficient (Wildman–Crippen LogP) is 2.55. The van der Waals surface area contributed by atoms with Crippen LogP contribution in [0.4, 0.5) is 5.82 Å². The maximum atomic E-state index is 9.19. The number of aliphatic imine (C=N–C) groups is 1. The molecule has 1 aliphatic heterocycles. The van der Waals surface area contributed by atoms with Crippen molar-refractivity contribution in [2.24, 2.45) is 4.99 Å². The fraction of sp³-hybridized carbons (Fsp3) is 0.421. The number of hydrogen-bond acceptors (Lipinski definition) is 6. The molecule has 1 aromatic carbocycles. The smallest absolute Gasteiger partial charge is 0.130 e. The summed E-state index contributed by atoms with van der Waals surface area (Å²) in [5.41, 5.74) is 3.89. The molecule has 0 unspecified atom stereocenters. The van der Waals surface area contributed by atoms with Gasteiger partial charge in [-0.3, -0.25) is 4.99 Å². The van der Waals surface area contributed by atoms with E-state index in [1.54, 1.807) is 0 Å². The summed E-state index contributed by atoms with van der Waals surface area (Å²) in [7, 11) is 0. The second-order valence-electron chi connectivity index (χ2n) is 7.05. The van der Waals surface area contributed by atoms with Gasteiger partial charge in [0, 0.05) is 17.7 Å². The molecule has 2 N–H and O–H groups in total. The van der Waals surface area contributed by atoms with E-state index in [-0.39, 0.29) is 18.2 Å². The van der Waals surface area contributed by atoms with E-state index in [1.807, 2.05) is 19.1 Å². The summed E-state index contributed by atoms with van der Waals surface area (Å²) in [5.74, 6) is 1.57. The zero-order valence-corrected chi connectivity index (χ0v) is 14.5. The summed E-state index contributed by atoms with van der Waals surface area (Å²) < 4.78 is 6.09. The fourth-order valence-electron chi connectivity index (χ4n) is 2.87. The Labute approximate surface area is 147 Å². The first kappa shape index (κ1) is 16.0. The van der Waals surface area contributed by atoms with Crippen molar-refractivity contribution in [1.29, 1.82) is 0 Å². The van der Waals surface area contributed by atoms with E-state index in [9.17, 15) is 5.11 Å². The highest BCUT2D eigenvalue weighted by molar-refractivity contribution is 6.14. The molecule has 1 aliphatic carbocycles. The topological polar surface area (TPSA) is 79.6 Å². The zero-order chi connectivity index (χ0) is 17.4. The highest BCUT2D eigenvalue weighted by Gasteiger charge is 2.40. The minimum absolute atomic E-state index is 0.00339. The molecular formula is C19H22N4O2. The molecule has 25 heavy (non-hydrogen) atoms. The molecule has 0 bridgehead atoms. The van der Waals surface area contributed by atoms with Crippen LogP contribution in [0.25, 0.3) is 0 Å². The minimum atomic E-state index is -0.0696. The molecule has 0 spiro atoms. The second kappa shape index (κ2) is 6.11. The van der Waals surface area contributed by atoms with Crippen LogP contribution in [-0.2, 0) is 6.54 Å². The molecule has 1 aromatic heterocycles. The molecule has 6 heteroatoms. The molecule has 1 fully saturated rings. The maximum Gasteiger partial charge on any atom is 0.130 e. The van der Waals surface area contributed by atoms with E-state index in [0.29, 0.717) is 12.4 Å². The lowest BCUT2D eigenvalue weighted by Gasteiger charge is -2.14. The summed E-state index contributed by atoms with van der Waals surface area (Å²) in [6.45, 7) is 4.73. The Hall–Kier alpha value is -2.47. The van der Waals surface area contributed by atoms with E-state index in [4.69, 9.17) is 4.74 Å². The second-order valence-corrected chi connectivity index (χ2v) is 7.05. The Bertz CT molecular complexity index is 830. The normalized spacial score (nSPS) is 18.3. The van der Waals surface area contributed by atoms with Crippen molar-refractivity contribution in [3.8, 4) is 5.75 Å². The number of nitrogens with zero attached hydrogens (tertiary/aromatic N) is 3. The Kier molecular flexibility index (Phi) is 3.92. The average Bonchev–Trinajstić information content (AvgIpc) is 3.18. The molecule has 4 rings (SSSR count). The first-order valence-corrected chi connectivity index (χ1v) is 8.63.